The van der Waals surface area contributed by atoms with Crippen LogP contribution in [-0.2, 0) is 23.9 Å². The Morgan fingerprint density at radius 3 is 2.41 bits per heavy atom. The third kappa shape index (κ3) is 4.75. The number of rotatable bonds is 7. The molecule has 1 N–H and O–H groups in total. The highest BCUT2D eigenvalue weighted by atomic mass is 16.5. The lowest BCUT2D eigenvalue weighted by Gasteiger charge is -2.19. The molecule has 0 bridgehead atoms. The third-order valence-electron chi connectivity index (χ3n) is 5.47. The minimum atomic E-state index is -0.633. The molecule has 0 radical (unpaired) electrons. The highest BCUT2D eigenvalue weighted by Gasteiger charge is 2.47. The smallest absolute Gasteiger partial charge is 0.308 e. The Bertz CT molecular complexity index is 797. The van der Waals surface area contributed by atoms with Crippen LogP contribution in [-0.4, -0.2) is 48.9 Å². The summed E-state index contributed by atoms with van der Waals surface area (Å²) in [6.07, 6.45) is 3.25. The van der Waals surface area contributed by atoms with Crippen LogP contribution in [0, 0.1) is 18.8 Å². The lowest BCUT2D eigenvalue weighted by molar-refractivity contribution is -0.148. The summed E-state index contributed by atoms with van der Waals surface area (Å²) in [5, 5.41) is 2.64. The summed E-state index contributed by atoms with van der Waals surface area (Å²) >= 11 is 0. The van der Waals surface area contributed by atoms with Crippen LogP contribution in [0.1, 0.15) is 37.7 Å². The summed E-state index contributed by atoms with van der Waals surface area (Å²) < 4.78 is 10.2. The molecule has 1 aromatic carbocycles. The van der Waals surface area contributed by atoms with Crippen LogP contribution >= 0.6 is 0 Å². The number of methoxy groups -OCH3 is 1. The molecule has 1 saturated carbocycles. The van der Waals surface area contributed by atoms with Crippen molar-refractivity contribution in [3.63, 3.8) is 0 Å². The minimum absolute atomic E-state index is 0.00315. The first-order valence-corrected chi connectivity index (χ1v) is 9.86. The van der Waals surface area contributed by atoms with Gasteiger partial charge in [-0.2, -0.15) is 0 Å². The van der Waals surface area contributed by atoms with Crippen molar-refractivity contribution in [1.82, 2.24) is 4.90 Å². The molecule has 2 aliphatic rings. The molecule has 3 amide bonds. The lowest BCUT2D eigenvalue weighted by Crippen LogP contribution is -2.33. The maximum absolute atomic E-state index is 12.4. The molecule has 8 nitrogen and oxygen atoms in total. The Balaban J connectivity index is 1.45. The van der Waals surface area contributed by atoms with Crippen molar-refractivity contribution in [2.75, 3.05) is 25.6 Å². The van der Waals surface area contributed by atoms with E-state index in [0.29, 0.717) is 11.4 Å². The number of carbonyl (C=O) groups excluding carboxylic acids is 4. The molecule has 156 valence electrons. The molecule has 1 aliphatic carbocycles. The van der Waals surface area contributed by atoms with Crippen molar-refractivity contribution in [3.8, 4) is 5.75 Å². The highest BCUT2D eigenvalue weighted by Crippen LogP contribution is 2.38. The van der Waals surface area contributed by atoms with Crippen molar-refractivity contribution in [2.24, 2.45) is 11.8 Å². The summed E-state index contributed by atoms with van der Waals surface area (Å²) in [7, 11) is 1.50. The number of benzene rings is 1. The summed E-state index contributed by atoms with van der Waals surface area (Å²) in [6, 6.07) is 5.34. The fourth-order valence-corrected chi connectivity index (χ4v) is 3.98. The van der Waals surface area contributed by atoms with Gasteiger partial charge in [0.2, 0.25) is 11.8 Å². The Morgan fingerprint density at radius 2 is 1.79 bits per heavy atom. The monoisotopic (exact) mass is 402 g/mol. The van der Waals surface area contributed by atoms with Gasteiger partial charge in [-0.05, 0) is 37.5 Å². The van der Waals surface area contributed by atoms with Crippen LogP contribution in [0.2, 0.25) is 0 Å². The van der Waals surface area contributed by atoms with E-state index in [2.05, 4.69) is 5.32 Å². The molecule has 1 aliphatic heterocycles. The highest BCUT2D eigenvalue weighted by molar-refractivity contribution is 6.05. The van der Waals surface area contributed by atoms with Gasteiger partial charge in [0.15, 0.2) is 6.61 Å². The number of carbonyl (C=O) groups is 4. The first-order chi connectivity index (χ1) is 13.9. The number of esters is 1. The van der Waals surface area contributed by atoms with Gasteiger partial charge in [0.1, 0.15) is 5.75 Å². The summed E-state index contributed by atoms with van der Waals surface area (Å²) in [4.78, 5) is 50.0. The van der Waals surface area contributed by atoms with Crippen LogP contribution in [0.15, 0.2) is 18.2 Å². The largest absolute Gasteiger partial charge is 0.495 e. The zero-order valence-electron chi connectivity index (χ0n) is 16.7. The number of ether oxygens (including phenoxy) is 2. The van der Waals surface area contributed by atoms with Crippen LogP contribution < -0.4 is 10.1 Å². The van der Waals surface area contributed by atoms with Gasteiger partial charge in [-0.15, -0.1) is 0 Å². The van der Waals surface area contributed by atoms with Gasteiger partial charge in [-0.25, -0.2) is 0 Å². The van der Waals surface area contributed by atoms with E-state index in [1.165, 1.54) is 12.0 Å². The molecular formula is C21H26N2O6. The average molecular weight is 402 g/mol. The molecule has 3 rings (SSSR count). The molecule has 2 atom stereocenters. The standard InChI is InChI=1S/C21H26N2O6/c1-13-7-8-17(28-2)16(11-13)22-18(24)12-29-19(25)9-10-23-20(26)14-5-3-4-6-15(14)21(23)27/h7-8,11,14-15H,3-6,9-10,12H2,1-2H3,(H,22,24)/t14-,15+. The van der Waals surface area contributed by atoms with E-state index in [0.717, 1.165) is 31.2 Å². The van der Waals surface area contributed by atoms with Crippen molar-refractivity contribution in [1.29, 1.82) is 0 Å². The number of anilines is 1. The Kier molecular flexibility index (Phi) is 6.51. The number of fused-ring (bicyclic) bond motifs is 1. The topological polar surface area (TPSA) is 102 Å². The van der Waals surface area contributed by atoms with Gasteiger partial charge < -0.3 is 14.8 Å². The number of aryl methyl sites for hydroxylation is 1. The van der Waals surface area contributed by atoms with Crippen molar-refractivity contribution < 1.29 is 28.7 Å². The van der Waals surface area contributed by atoms with E-state index < -0.39 is 18.5 Å². The van der Waals surface area contributed by atoms with Crippen LogP contribution in [0.4, 0.5) is 5.69 Å². The van der Waals surface area contributed by atoms with Gasteiger partial charge in [-0.1, -0.05) is 18.9 Å². The summed E-state index contributed by atoms with van der Waals surface area (Å²) in [5.41, 5.74) is 1.43. The predicted octanol–water partition coefficient (Wildman–Crippen LogP) is 2.05. The van der Waals surface area contributed by atoms with Crippen molar-refractivity contribution in [2.45, 2.75) is 39.0 Å². The number of nitrogens with zero attached hydrogens (tertiary/aromatic N) is 1. The van der Waals surface area contributed by atoms with E-state index >= 15 is 0 Å². The molecule has 2 fully saturated rings. The van der Waals surface area contributed by atoms with Crippen LogP contribution in [0.3, 0.4) is 0 Å². The maximum atomic E-state index is 12.4. The summed E-state index contributed by atoms with van der Waals surface area (Å²) in [5.74, 6) is -1.46. The zero-order chi connectivity index (χ0) is 21.0. The van der Waals surface area contributed by atoms with Crippen LogP contribution in [0.25, 0.3) is 0 Å². The van der Waals surface area contributed by atoms with Crippen molar-refractivity contribution in [3.05, 3.63) is 23.8 Å². The molecule has 1 heterocycles. The van der Waals surface area contributed by atoms with E-state index in [1.807, 2.05) is 13.0 Å². The molecule has 0 spiro atoms. The molecule has 1 aromatic rings. The van der Waals surface area contributed by atoms with Gasteiger partial charge >= 0.3 is 5.97 Å². The number of imide groups is 1. The minimum Gasteiger partial charge on any atom is -0.495 e. The molecule has 1 saturated heterocycles. The quantitative estimate of drug-likeness (QED) is 0.553. The molecular weight excluding hydrogens is 376 g/mol. The predicted molar refractivity (Wildman–Crippen MR) is 104 cm³/mol. The Labute approximate surface area is 169 Å². The summed E-state index contributed by atoms with van der Waals surface area (Å²) in [6.45, 7) is 1.42. The first-order valence-electron chi connectivity index (χ1n) is 9.86. The SMILES string of the molecule is COc1ccc(C)cc1NC(=O)COC(=O)CCN1C(=O)[C@H]2CCCC[C@H]2C1=O. The third-order valence-corrected chi connectivity index (χ3v) is 5.47. The number of hydrogen-bond acceptors (Lipinski definition) is 6. The fourth-order valence-electron chi connectivity index (χ4n) is 3.98. The van der Waals surface area contributed by atoms with Gasteiger partial charge in [0.25, 0.3) is 5.91 Å². The average Bonchev–Trinajstić information content (AvgIpc) is 2.95. The van der Waals surface area contributed by atoms with E-state index in [1.54, 1.807) is 12.1 Å². The number of nitrogens with one attached hydrogen (secondary N) is 1. The molecule has 29 heavy (non-hydrogen) atoms. The normalized spacial score (nSPS) is 21.0. The Hall–Kier alpha value is -2.90. The second-order valence-electron chi connectivity index (χ2n) is 7.49. The van der Waals surface area contributed by atoms with Crippen LogP contribution in [0.5, 0.6) is 5.75 Å². The fraction of sp³-hybridized carbons (Fsp3) is 0.524. The van der Waals surface area contributed by atoms with Gasteiger partial charge in [-0.3, -0.25) is 24.1 Å². The second kappa shape index (κ2) is 9.07. The number of likely N-dealkylation sites (tertiary alicyclic amines) is 1. The molecule has 0 aromatic heterocycles. The zero-order valence-corrected chi connectivity index (χ0v) is 16.7. The van der Waals surface area contributed by atoms with Crippen molar-refractivity contribution >= 4 is 29.4 Å². The lowest BCUT2D eigenvalue weighted by atomic mass is 9.81. The van der Waals surface area contributed by atoms with E-state index in [-0.39, 0.29) is 36.6 Å². The van der Waals surface area contributed by atoms with E-state index in [4.69, 9.17) is 9.47 Å². The van der Waals surface area contributed by atoms with Gasteiger partial charge in [0, 0.05) is 6.54 Å². The molecule has 0 unspecified atom stereocenters. The van der Waals surface area contributed by atoms with Gasteiger partial charge in [0.05, 0.1) is 31.1 Å². The number of amides is 3. The first kappa shape index (κ1) is 20.8. The number of hydrogen-bond donors (Lipinski definition) is 1. The van der Waals surface area contributed by atoms with E-state index in [9.17, 15) is 19.2 Å². The molecule has 8 heteroatoms. The second-order valence-corrected chi connectivity index (χ2v) is 7.49. The Morgan fingerprint density at radius 1 is 1.14 bits per heavy atom. The maximum Gasteiger partial charge on any atom is 0.308 e.